The Morgan fingerprint density at radius 3 is 2.83 bits per heavy atom. The zero-order chi connectivity index (χ0) is 13.6. The first kappa shape index (κ1) is 16.3. The molecule has 1 aromatic rings. The van der Waals surface area contributed by atoms with Gasteiger partial charge in [-0.05, 0) is 29.5 Å². The van der Waals surface area contributed by atoms with Gasteiger partial charge in [0.2, 0.25) is 5.69 Å². The van der Waals surface area contributed by atoms with Crippen LogP contribution in [-0.2, 0) is 22.1 Å². The molecule has 1 aromatic carbocycles. The van der Waals surface area contributed by atoms with Gasteiger partial charge in [0, 0.05) is 15.8 Å². The van der Waals surface area contributed by atoms with Crippen molar-refractivity contribution in [3.63, 3.8) is 0 Å². The van der Waals surface area contributed by atoms with Gasteiger partial charge in [0.25, 0.3) is 0 Å². The SMILES string of the molecule is N#CCCOP(O)(=S)SCc1ccc(Cl)cc1Cl. The molecular formula is C10H10Cl2NO2PS2. The maximum atomic E-state index is 9.84. The minimum Gasteiger partial charge on any atom is -0.337 e. The second-order valence-electron chi connectivity index (χ2n) is 3.22. The molecule has 1 unspecified atom stereocenters. The standard InChI is InChI=1S/C10H10Cl2NO2PS2/c11-9-3-2-8(10(12)6-9)7-18-16(14,17)15-5-1-4-13/h2-3,6H,1,5,7H2,(H,14,17). The van der Waals surface area contributed by atoms with Crippen LogP contribution in [0.5, 0.6) is 0 Å². The Morgan fingerprint density at radius 1 is 1.50 bits per heavy atom. The van der Waals surface area contributed by atoms with Gasteiger partial charge in [0.1, 0.15) is 0 Å². The van der Waals surface area contributed by atoms with Crippen molar-refractivity contribution >= 4 is 52.1 Å². The fraction of sp³-hybridized carbons (Fsp3) is 0.300. The van der Waals surface area contributed by atoms with Gasteiger partial charge in [-0.1, -0.05) is 40.6 Å². The molecule has 0 radical (unpaired) electrons. The molecule has 0 amide bonds. The lowest BCUT2D eigenvalue weighted by molar-refractivity contribution is 0.328. The van der Waals surface area contributed by atoms with E-state index < -0.39 is 5.69 Å². The van der Waals surface area contributed by atoms with E-state index in [0.717, 1.165) is 16.9 Å². The Hall–Kier alpha value is 0.210. The normalized spacial score (nSPS) is 13.9. The number of nitriles is 1. The summed E-state index contributed by atoms with van der Waals surface area (Å²) in [5.41, 5.74) is -2.08. The number of benzene rings is 1. The summed E-state index contributed by atoms with van der Waals surface area (Å²) in [4.78, 5) is 9.84. The third kappa shape index (κ3) is 5.90. The van der Waals surface area contributed by atoms with E-state index >= 15 is 0 Å². The summed E-state index contributed by atoms with van der Waals surface area (Å²) in [6.45, 7) is 0.144. The number of nitrogens with zero attached hydrogens (tertiary/aromatic N) is 1. The van der Waals surface area contributed by atoms with Crippen molar-refractivity contribution < 1.29 is 9.42 Å². The Bertz CT molecular complexity index is 507. The predicted molar refractivity (Wildman–Crippen MR) is 80.4 cm³/mol. The first-order valence-electron chi connectivity index (χ1n) is 4.87. The summed E-state index contributed by atoms with van der Waals surface area (Å²) in [7, 11) is 0. The van der Waals surface area contributed by atoms with E-state index in [-0.39, 0.29) is 13.0 Å². The summed E-state index contributed by atoms with van der Waals surface area (Å²) in [6.07, 6.45) is 0.210. The molecule has 1 atom stereocenters. The van der Waals surface area contributed by atoms with E-state index in [2.05, 4.69) is 0 Å². The highest BCUT2D eigenvalue weighted by atomic mass is 35.5. The average molecular weight is 342 g/mol. The lowest BCUT2D eigenvalue weighted by Gasteiger charge is -2.14. The minimum atomic E-state index is -2.91. The third-order valence-corrected chi connectivity index (χ3v) is 6.68. The number of hydrogen-bond acceptors (Lipinski definition) is 4. The molecule has 1 rings (SSSR count). The van der Waals surface area contributed by atoms with Crippen LogP contribution in [0.3, 0.4) is 0 Å². The lowest BCUT2D eigenvalue weighted by atomic mass is 10.2. The molecule has 8 heteroatoms. The Morgan fingerprint density at radius 2 is 2.22 bits per heavy atom. The highest BCUT2D eigenvalue weighted by Crippen LogP contribution is 2.57. The first-order valence-corrected chi connectivity index (χ1v) is 9.89. The van der Waals surface area contributed by atoms with E-state index in [1.807, 2.05) is 6.07 Å². The second-order valence-corrected chi connectivity index (χ2v) is 10.2. The molecular weight excluding hydrogens is 332 g/mol. The zero-order valence-corrected chi connectivity index (χ0v) is 13.2. The largest absolute Gasteiger partial charge is 0.337 e. The van der Waals surface area contributed by atoms with Crippen molar-refractivity contribution in [1.29, 1.82) is 5.26 Å². The van der Waals surface area contributed by atoms with Crippen LogP contribution in [0.15, 0.2) is 18.2 Å². The molecule has 1 N–H and O–H groups in total. The molecule has 0 heterocycles. The van der Waals surface area contributed by atoms with E-state index in [1.54, 1.807) is 18.2 Å². The molecule has 3 nitrogen and oxygen atoms in total. The van der Waals surface area contributed by atoms with Gasteiger partial charge in [-0.3, -0.25) is 0 Å². The van der Waals surface area contributed by atoms with E-state index in [9.17, 15) is 4.89 Å². The van der Waals surface area contributed by atoms with Crippen molar-refractivity contribution in [3.05, 3.63) is 33.8 Å². The van der Waals surface area contributed by atoms with Gasteiger partial charge < -0.3 is 9.42 Å². The Labute approximate surface area is 125 Å². The minimum absolute atomic E-state index is 0.144. The van der Waals surface area contributed by atoms with Crippen molar-refractivity contribution in [1.82, 2.24) is 0 Å². The lowest BCUT2D eigenvalue weighted by Crippen LogP contribution is -1.90. The fourth-order valence-electron chi connectivity index (χ4n) is 1.03. The van der Waals surface area contributed by atoms with Gasteiger partial charge in [-0.15, -0.1) is 0 Å². The molecule has 0 aromatic heterocycles. The van der Waals surface area contributed by atoms with Crippen molar-refractivity contribution in [2.24, 2.45) is 0 Å². The molecule has 0 saturated carbocycles. The van der Waals surface area contributed by atoms with Crippen LogP contribution in [0, 0.1) is 11.3 Å². The molecule has 0 spiro atoms. The summed E-state index contributed by atoms with van der Waals surface area (Å²) in [5.74, 6) is 0.441. The summed E-state index contributed by atoms with van der Waals surface area (Å²) >= 11 is 17.9. The third-order valence-electron chi connectivity index (χ3n) is 1.87. The Balaban J connectivity index is 2.54. The van der Waals surface area contributed by atoms with Crippen LogP contribution < -0.4 is 0 Å². The quantitative estimate of drug-likeness (QED) is 0.614. The molecule has 0 saturated heterocycles. The van der Waals surface area contributed by atoms with Gasteiger partial charge in [0.15, 0.2) is 0 Å². The molecule has 0 aliphatic heterocycles. The van der Waals surface area contributed by atoms with Crippen LogP contribution in [0.1, 0.15) is 12.0 Å². The smallest absolute Gasteiger partial charge is 0.245 e. The molecule has 0 aliphatic carbocycles. The number of hydrogen-bond donors (Lipinski definition) is 1. The predicted octanol–water partition coefficient (Wildman–Crippen LogP) is 4.37. The second kappa shape index (κ2) is 7.72. The molecule has 0 fully saturated rings. The Kier molecular flexibility index (Phi) is 6.97. The maximum Gasteiger partial charge on any atom is 0.245 e. The van der Waals surface area contributed by atoms with Crippen molar-refractivity contribution in [2.45, 2.75) is 12.2 Å². The monoisotopic (exact) mass is 341 g/mol. The maximum absolute atomic E-state index is 9.84. The van der Waals surface area contributed by atoms with Gasteiger partial charge in [-0.2, -0.15) is 5.26 Å². The number of rotatable bonds is 6. The number of halogens is 2. The van der Waals surface area contributed by atoms with Crippen LogP contribution >= 0.6 is 40.3 Å². The highest BCUT2D eigenvalue weighted by molar-refractivity contribution is 8.67. The summed E-state index contributed by atoms with van der Waals surface area (Å²) in [5, 5.41) is 9.45. The van der Waals surface area contributed by atoms with Crippen LogP contribution in [0.2, 0.25) is 10.0 Å². The molecule has 0 aliphatic rings. The summed E-state index contributed by atoms with van der Waals surface area (Å²) in [6, 6.07) is 7.06. The molecule has 18 heavy (non-hydrogen) atoms. The van der Waals surface area contributed by atoms with Crippen LogP contribution in [-0.4, -0.2) is 11.5 Å². The van der Waals surface area contributed by atoms with Crippen molar-refractivity contribution in [3.8, 4) is 6.07 Å². The topological polar surface area (TPSA) is 53.2 Å². The van der Waals surface area contributed by atoms with Crippen LogP contribution in [0.4, 0.5) is 0 Å². The summed E-state index contributed by atoms with van der Waals surface area (Å²) < 4.78 is 5.11. The van der Waals surface area contributed by atoms with Crippen LogP contribution in [0.25, 0.3) is 0 Å². The molecule has 0 bridgehead atoms. The van der Waals surface area contributed by atoms with E-state index in [0.29, 0.717) is 15.8 Å². The molecule has 98 valence electrons. The fourth-order valence-corrected chi connectivity index (χ4v) is 4.59. The van der Waals surface area contributed by atoms with Gasteiger partial charge in [-0.25, -0.2) is 0 Å². The first-order chi connectivity index (χ1) is 8.44. The van der Waals surface area contributed by atoms with Crippen molar-refractivity contribution in [2.75, 3.05) is 6.61 Å². The average Bonchev–Trinajstić information content (AvgIpc) is 2.28. The van der Waals surface area contributed by atoms with E-state index in [4.69, 9.17) is 44.8 Å². The van der Waals surface area contributed by atoms with E-state index in [1.165, 1.54) is 0 Å². The highest BCUT2D eigenvalue weighted by Gasteiger charge is 2.15. The van der Waals surface area contributed by atoms with Gasteiger partial charge in [0.05, 0.1) is 19.1 Å². The zero-order valence-electron chi connectivity index (χ0n) is 9.18. The van der Waals surface area contributed by atoms with Gasteiger partial charge >= 0.3 is 0 Å².